The van der Waals surface area contributed by atoms with E-state index in [4.69, 9.17) is 5.10 Å². The lowest BCUT2D eigenvalue weighted by atomic mass is 9.99. The highest BCUT2D eigenvalue weighted by molar-refractivity contribution is 7.99. The molecular formula is C34H51F3N6O5S2. The van der Waals surface area contributed by atoms with Gasteiger partial charge in [-0.25, -0.2) is 8.42 Å². The number of carbonyl (C=O) groups is 1. The number of piperidine rings is 2. The molecule has 0 spiro atoms. The van der Waals surface area contributed by atoms with Crippen molar-refractivity contribution in [2.45, 2.75) is 94.8 Å². The normalized spacial score (nSPS) is 20.2. The van der Waals surface area contributed by atoms with Crippen molar-refractivity contribution >= 4 is 27.7 Å². The van der Waals surface area contributed by atoms with E-state index < -0.39 is 39.4 Å². The van der Waals surface area contributed by atoms with Gasteiger partial charge in [0.25, 0.3) is 5.91 Å². The number of thioether (sulfide) groups is 1. The van der Waals surface area contributed by atoms with Crippen molar-refractivity contribution in [3.8, 4) is 11.3 Å². The third kappa shape index (κ3) is 10.0. The number of fused-ring (bicyclic) bond motifs is 1. The molecule has 0 aliphatic carbocycles. The average Bonchev–Trinajstić information content (AvgIpc) is 3.39. The van der Waals surface area contributed by atoms with E-state index >= 15 is 0 Å². The molecule has 1 aromatic heterocycles. The van der Waals surface area contributed by atoms with Gasteiger partial charge in [0.2, 0.25) is 10.0 Å². The molecule has 11 nitrogen and oxygen atoms in total. The molecule has 2 fully saturated rings. The summed E-state index contributed by atoms with van der Waals surface area (Å²) in [4.78, 5) is 16.7. The molecule has 1 amide bonds. The summed E-state index contributed by atoms with van der Waals surface area (Å²) in [6.45, 7) is 9.73. The Balaban J connectivity index is 1.33. The molecule has 1 aromatic carbocycles. The fraction of sp³-hybridized carbons (Fsp3) is 0.706. The number of likely N-dealkylation sites (tertiary alicyclic amines) is 2. The van der Waals surface area contributed by atoms with Gasteiger partial charge in [-0.2, -0.15) is 22.6 Å². The van der Waals surface area contributed by atoms with Crippen LogP contribution in [0.25, 0.3) is 11.3 Å². The molecule has 4 heterocycles. The van der Waals surface area contributed by atoms with Crippen LogP contribution >= 0.6 is 11.8 Å². The Morgan fingerprint density at radius 1 is 1.06 bits per heavy atom. The Bertz CT molecular complexity index is 1600. The lowest BCUT2D eigenvalue weighted by molar-refractivity contribution is -0.139. The van der Waals surface area contributed by atoms with Crippen LogP contribution in [0.5, 0.6) is 0 Å². The zero-order valence-corrected chi connectivity index (χ0v) is 31.0. The molecule has 0 bridgehead atoms. The maximum absolute atomic E-state index is 14.2. The number of hydrogen-bond donors (Lipinski definition) is 3. The zero-order chi connectivity index (χ0) is 36.4. The molecule has 3 aliphatic rings. The topological polar surface area (TPSA) is 131 Å². The maximum atomic E-state index is 14.2. The number of alkyl halides is 3. The molecular weight excluding hydrogens is 694 g/mol. The van der Waals surface area contributed by atoms with Crippen LogP contribution in [0.4, 0.5) is 13.2 Å². The van der Waals surface area contributed by atoms with E-state index in [-0.39, 0.29) is 30.6 Å². The molecule has 280 valence electrons. The first kappa shape index (κ1) is 39.0. The van der Waals surface area contributed by atoms with Gasteiger partial charge in [-0.1, -0.05) is 13.0 Å². The second kappa shape index (κ2) is 15.8. The first-order valence-electron chi connectivity index (χ1n) is 17.4. The second-order valence-corrected chi connectivity index (χ2v) is 17.8. The number of rotatable bonds is 12. The van der Waals surface area contributed by atoms with Crippen LogP contribution in [0.2, 0.25) is 0 Å². The molecule has 3 N–H and O–H groups in total. The number of halogens is 3. The Kier molecular flexibility index (Phi) is 12.3. The summed E-state index contributed by atoms with van der Waals surface area (Å²) in [5, 5.41) is 28.8. The summed E-state index contributed by atoms with van der Waals surface area (Å²) >= 11 is 1.18. The van der Waals surface area contributed by atoms with Crippen molar-refractivity contribution in [2.75, 3.05) is 57.8 Å². The maximum Gasteiger partial charge on any atom is 0.417 e. The Morgan fingerprint density at radius 3 is 2.34 bits per heavy atom. The highest BCUT2D eigenvalue weighted by Crippen LogP contribution is 2.40. The van der Waals surface area contributed by atoms with E-state index in [1.807, 2.05) is 0 Å². The van der Waals surface area contributed by atoms with Gasteiger partial charge in [-0.3, -0.25) is 9.48 Å². The Labute approximate surface area is 297 Å². The smallest absolute Gasteiger partial charge is 0.390 e. The predicted octanol–water partition coefficient (Wildman–Crippen LogP) is 3.42. The number of carbonyl (C=O) groups excluding carboxylic acids is 1. The van der Waals surface area contributed by atoms with Gasteiger partial charge in [0, 0.05) is 79.2 Å². The van der Waals surface area contributed by atoms with Gasteiger partial charge in [0.1, 0.15) is 5.60 Å². The molecule has 50 heavy (non-hydrogen) atoms. The SMILES string of the molecule is CC1CCN(CCSc2cc(-c3nn(CC(O)CN4CCC(NC(=O)C(C)(C)O)CC4)c4c3CN(S(C)(=O)=O)CC4)ccc2C(F)(F)F)CC1. The average molecular weight is 745 g/mol. The van der Waals surface area contributed by atoms with Gasteiger partial charge >= 0.3 is 6.18 Å². The van der Waals surface area contributed by atoms with Crippen LogP contribution in [0, 0.1) is 5.92 Å². The van der Waals surface area contributed by atoms with E-state index in [0.29, 0.717) is 73.9 Å². The number of amides is 1. The first-order chi connectivity index (χ1) is 23.4. The quantitative estimate of drug-likeness (QED) is 0.280. The number of aliphatic hydroxyl groups excluding tert-OH is 1. The number of benzene rings is 1. The van der Waals surface area contributed by atoms with Crippen LogP contribution in [-0.4, -0.2) is 124 Å². The monoisotopic (exact) mass is 744 g/mol. The van der Waals surface area contributed by atoms with E-state index in [1.54, 1.807) is 4.68 Å². The van der Waals surface area contributed by atoms with Crippen LogP contribution < -0.4 is 5.32 Å². The van der Waals surface area contributed by atoms with Gasteiger partial charge in [-0.15, -0.1) is 11.8 Å². The fourth-order valence-corrected chi connectivity index (χ4v) is 8.81. The molecule has 0 radical (unpaired) electrons. The lowest BCUT2D eigenvalue weighted by Crippen LogP contribution is -2.51. The van der Waals surface area contributed by atoms with Crippen molar-refractivity contribution in [3.05, 3.63) is 35.0 Å². The summed E-state index contributed by atoms with van der Waals surface area (Å²) in [7, 11) is -3.54. The second-order valence-electron chi connectivity index (χ2n) is 14.6. The minimum Gasteiger partial charge on any atom is -0.390 e. The molecule has 2 aromatic rings. The summed E-state index contributed by atoms with van der Waals surface area (Å²) in [5.41, 5.74) is 0.131. The number of hydrogen-bond acceptors (Lipinski definition) is 9. The van der Waals surface area contributed by atoms with Crippen LogP contribution in [-0.2, 0) is 40.5 Å². The van der Waals surface area contributed by atoms with E-state index in [1.165, 1.54) is 42.0 Å². The number of nitrogens with zero attached hydrogens (tertiary/aromatic N) is 5. The van der Waals surface area contributed by atoms with Gasteiger partial charge < -0.3 is 25.3 Å². The van der Waals surface area contributed by atoms with Crippen LogP contribution in [0.3, 0.4) is 0 Å². The first-order valence-corrected chi connectivity index (χ1v) is 20.3. The summed E-state index contributed by atoms with van der Waals surface area (Å²) in [6, 6.07) is 3.95. The summed E-state index contributed by atoms with van der Waals surface area (Å²) in [6.07, 6.45) is -0.352. The minimum atomic E-state index is -4.53. The standard InChI is InChI=1S/C34H51F3N6O5S2/c1-23-7-12-40(13-8-23)17-18-49-30-19-24(5-6-28(30)34(35,36)37)31-27-22-42(50(4,47)48)16-11-29(27)43(39-31)21-26(44)20-41-14-9-25(10-15-41)38-32(45)33(2,3)46/h5-6,19,23,25-26,44,46H,7-18,20-22H2,1-4H3,(H,38,45). The largest absolute Gasteiger partial charge is 0.417 e. The third-order valence-electron chi connectivity index (χ3n) is 10.0. The van der Waals surface area contributed by atoms with E-state index in [9.17, 15) is 36.6 Å². The Hall–Kier alpha value is -2.21. The van der Waals surface area contributed by atoms with E-state index in [2.05, 4.69) is 22.0 Å². The van der Waals surface area contributed by atoms with Crippen molar-refractivity contribution in [3.63, 3.8) is 0 Å². The van der Waals surface area contributed by atoms with Crippen molar-refractivity contribution in [2.24, 2.45) is 5.92 Å². The van der Waals surface area contributed by atoms with Gasteiger partial charge in [-0.05, 0) is 70.7 Å². The van der Waals surface area contributed by atoms with E-state index in [0.717, 1.165) is 43.9 Å². The molecule has 1 atom stereocenters. The molecule has 3 aliphatic heterocycles. The number of aromatic nitrogens is 2. The Morgan fingerprint density at radius 2 is 1.72 bits per heavy atom. The number of β-amino-alcohol motifs (C(OH)–C–C–N with tert-alkyl or cyclic N) is 1. The highest BCUT2D eigenvalue weighted by Gasteiger charge is 2.36. The van der Waals surface area contributed by atoms with Crippen LogP contribution in [0.1, 0.15) is 63.3 Å². The third-order valence-corrected chi connectivity index (χ3v) is 12.3. The lowest BCUT2D eigenvalue weighted by Gasteiger charge is -2.34. The fourth-order valence-electron chi connectivity index (χ4n) is 6.90. The minimum absolute atomic E-state index is 0.0420. The van der Waals surface area contributed by atoms with Crippen molar-refractivity contribution < 1.29 is 36.6 Å². The summed E-state index contributed by atoms with van der Waals surface area (Å²) < 4.78 is 70.6. The van der Waals surface area contributed by atoms with Crippen molar-refractivity contribution in [1.82, 2.24) is 29.2 Å². The molecule has 16 heteroatoms. The number of sulfonamides is 1. The van der Waals surface area contributed by atoms with Gasteiger partial charge in [0.05, 0.1) is 30.2 Å². The molecule has 2 saturated heterocycles. The molecule has 5 rings (SSSR count). The number of nitrogens with one attached hydrogen (secondary N) is 1. The van der Waals surface area contributed by atoms with Gasteiger partial charge in [0.15, 0.2) is 0 Å². The zero-order valence-electron chi connectivity index (χ0n) is 29.4. The molecule has 1 unspecified atom stereocenters. The van der Waals surface area contributed by atoms with Crippen molar-refractivity contribution in [1.29, 1.82) is 0 Å². The summed E-state index contributed by atoms with van der Waals surface area (Å²) in [5.74, 6) is 0.748. The predicted molar refractivity (Wildman–Crippen MR) is 187 cm³/mol. The molecule has 0 saturated carbocycles. The highest BCUT2D eigenvalue weighted by atomic mass is 32.2. The van der Waals surface area contributed by atoms with Crippen LogP contribution in [0.15, 0.2) is 23.1 Å². The number of aliphatic hydroxyl groups is 2.